The van der Waals surface area contributed by atoms with Crippen molar-refractivity contribution in [3.05, 3.63) is 35.9 Å². The van der Waals surface area contributed by atoms with E-state index in [1.165, 1.54) is 5.56 Å². The van der Waals surface area contributed by atoms with Crippen molar-refractivity contribution >= 4 is 12.1 Å². The molecule has 0 aromatic heterocycles. The summed E-state index contributed by atoms with van der Waals surface area (Å²) in [6.45, 7) is 1.87. The molecule has 0 spiro atoms. The third kappa shape index (κ3) is 5.89. The molecule has 1 aromatic carbocycles. The van der Waals surface area contributed by atoms with Crippen molar-refractivity contribution in [1.82, 2.24) is 5.48 Å². The molecule has 0 unspecified atom stereocenters. The van der Waals surface area contributed by atoms with Crippen LogP contribution in [-0.2, 0) is 20.8 Å². The molecule has 1 rings (SSSR count). The summed E-state index contributed by atoms with van der Waals surface area (Å²) in [5, 5.41) is 0. The highest BCUT2D eigenvalue weighted by Gasteiger charge is 2.06. The van der Waals surface area contributed by atoms with E-state index in [0.29, 0.717) is 12.8 Å². The van der Waals surface area contributed by atoms with Gasteiger partial charge in [0.2, 0.25) is 0 Å². The summed E-state index contributed by atoms with van der Waals surface area (Å²) in [6.07, 6.45) is 0.915. The van der Waals surface area contributed by atoms with E-state index in [4.69, 9.17) is 0 Å². The van der Waals surface area contributed by atoms with Crippen molar-refractivity contribution in [1.29, 1.82) is 0 Å². The third-order valence-electron chi connectivity index (χ3n) is 2.22. The van der Waals surface area contributed by atoms with Gasteiger partial charge in [0.15, 0.2) is 0 Å². The van der Waals surface area contributed by atoms with Crippen LogP contribution >= 0.6 is 0 Å². The predicted octanol–water partition coefficient (Wildman–Crippen LogP) is 2.21. The minimum atomic E-state index is -0.895. The number of carbonyl (C=O) groups is 2. The maximum atomic E-state index is 11.3. The fourth-order valence-electron chi connectivity index (χ4n) is 1.39. The number of ether oxygens (including phenoxy) is 1. The molecule has 0 radical (unpaired) electrons. The van der Waals surface area contributed by atoms with Gasteiger partial charge in [-0.2, -0.15) is 5.48 Å². The van der Waals surface area contributed by atoms with Gasteiger partial charge in [-0.3, -0.25) is 4.79 Å². The Morgan fingerprint density at radius 1 is 1.22 bits per heavy atom. The number of aryl methyl sites for hydroxylation is 1. The number of hydroxylamine groups is 1. The maximum Gasteiger partial charge on any atom is 0.533 e. The highest BCUT2D eigenvalue weighted by molar-refractivity contribution is 5.76. The van der Waals surface area contributed by atoms with Gasteiger partial charge in [-0.15, -0.1) is 0 Å². The molecular formula is C13H17NO4. The minimum Gasteiger partial charge on any atom is -0.433 e. The normalized spacial score (nSPS) is 9.61. The van der Waals surface area contributed by atoms with Crippen molar-refractivity contribution in [2.75, 3.05) is 6.61 Å². The number of rotatable bonds is 5. The molecule has 1 amide bonds. The van der Waals surface area contributed by atoms with Crippen LogP contribution in [0.4, 0.5) is 4.79 Å². The van der Waals surface area contributed by atoms with Crippen LogP contribution in [0.5, 0.6) is 0 Å². The first-order valence-electron chi connectivity index (χ1n) is 5.88. The van der Waals surface area contributed by atoms with Gasteiger partial charge < -0.3 is 9.57 Å². The summed E-state index contributed by atoms with van der Waals surface area (Å²) < 4.78 is 4.49. The largest absolute Gasteiger partial charge is 0.533 e. The first-order chi connectivity index (χ1) is 8.72. The van der Waals surface area contributed by atoms with Gasteiger partial charge in [-0.05, 0) is 25.3 Å². The Balaban J connectivity index is 2.12. The van der Waals surface area contributed by atoms with Crippen LogP contribution in [0, 0.1) is 0 Å². The molecule has 0 saturated heterocycles. The summed E-state index contributed by atoms with van der Waals surface area (Å²) >= 11 is 0. The van der Waals surface area contributed by atoms with Crippen molar-refractivity contribution in [2.24, 2.45) is 0 Å². The summed E-state index contributed by atoms with van der Waals surface area (Å²) in [5.74, 6) is -0.334. The fourth-order valence-corrected chi connectivity index (χ4v) is 1.39. The van der Waals surface area contributed by atoms with Crippen LogP contribution in [-0.4, -0.2) is 18.7 Å². The summed E-state index contributed by atoms with van der Waals surface area (Å²) in [7, 11) is 0. The molecule has 18 heavy (non-hydrogen) atoms. The van der Waals surface area contributed by atoms with Gasteiger partial charge in [0, 0.05) is 6.42 Å². The lowest BCUT2D eigenvalue weighted by molar-refractivity contribution is -0.131. The first kappa shape index (κ1) is 14.0. The van der Waals surface area contributed by atoms with Crippen molar-refractivity contribution in [2.45, 2.75) is 26.2 Å². The quantitative estimate of drug-likeness (QED) is 0.643. The minimum absolute atomic E-state index is 0.211. The maximum absolute atomic E-state index is 11.3. The number of hydrogen-bond donors (Lipinski definition) is 1. The van der Waals surface area contributed by atoms with Crippen molar-refractivity contribution < 1.29 is 19.2 Å². The molecule has 0 bridgehead atoms. The van der Waals surface area contributed by atoms with Crippen LogP contribution in [0.15, 0.2) is 30.3 Å². The predicted molar refractivity (Wildman–Crippen MR) is 65.6 cm³/mol. The molecule has 0 saturated carbocycles. The number of amides is 1. The Morgan fingerprint density at radius 3 is 2.61 bits per heavy atom. The van der Waals surface area contributed by atoms with Gasteiger partial charge in [-0.1, -0.05) is 30.3 Å². The second-order valence-electron chi connectivity index (χ2n) is 3.65. The molecule has 1 aromatic rings. The van der Waals surface area contributed by atoms with Gasteiger partial charge >= 0.3 is 6.16 Å². The molecule has 0 heterocycles. The van der Waals surface area contributed by atoms with Gasteiger partial charge in [0.1, 0.15) is 0 Å². The molecular weight excluding hydrogens is 234 g/mol. The average molecular weight is 251 g/mol. The smallest absolute Gasteiger partial charge is 0.433 e. The standard InChI is InChI=1S/C13H17NO4/c1-2-17-13(16)18-14-12(15)10-6-9-11-7-4-3-5-8-11/h3-5,7-8H,2,6,9-10H2,1H3,(H,14,15). The van der Waals surface area contributed by atoms with Gasteiger partial charge in [0.05, 0.1) is 6.61 Å². The Hall–Kier alpha value is -2.04. The van der Waals surface area contributed by atoms with Crippen LogP contribution in [0.2, 0.25) is 0 Å². The number of carbonyl (C=O) groups excluding carboxylic acids is 2. The molecule has 0 aliphatic heterocycles. The van der Waals surface area contributed by atoms with E-state index < -0.39 is 6.16 Å². The Kier molecular flexibility index (Phi) is 6.32. The van der Waals surface area contributed by atoms with E-state index in [1.807, 2.05) is 35.8 Å². The highest BCUT2D eigenvalue weighted by Crippen LogP contribution is 2.04. The Morgan fingerprint density at radius 2 is 1.94 bits per heavy atom. The third-order valence-corrected chi connectivity index (χ3v) is 2.22. The lowest BCUT2D eigenvalue weighted by Crippen LogP contribution is -2.27. The average Bonchev–Trinajstić information content (AvgIpc) is 2.38. The molecule has 5 nitrogen and oxygen atoms in total. The second-order valence-corrected chi connectivity index (χ2v) is 3.65. The summed E-state index contributed by atoms with van der Waals surface area (Å²) in [4.78, 5) is 26.5. The van der Waals surface area contributed by atoms with E-state index in [-0.39, 0.29) is 12.5 Å². The van der Waals surface area contributed by atoms with Crippen molar-refractivity contribution in [3.8, 4) is 0 Å². The lowest BCUT2D eigenvalue weighted by atomic mass is 10.1. The number of nitrogens with one attached hydrogen (secondary N) is 1. The van der Waals surface area contributed by atoms with Gasteiger partial charge in [-0.25, -0.2) is 4.79 Å². The van der Waals surface area contributed by atoms with Crippen molar-refractivity contribution in [3.63, 3.8) is 0 Å². The molecule has 0 aliphatic rings. The number of benzene rings is 1. The van der Waals surface area contributed by atoms with E-state index in [1.54, 1.807) is 6.92 Å². The molecule has 5 heteroatoms. The number of hydrogen-bond acceptors (Lipinski definition) is 4. The Bertz CT molecular complexity index is 378. The highest BCUT2D eigenvalue weighted by atomic mass is 16.8. The summed E-state index contributed by atoms with van der Waals surface area (Å²) in [5.41, 5.74) is 3.22. The van der Waals surface area contributed by atoms with Gasteiger partial charge in [0.25, 0.3) is 5.91 Å². The SMILES string of the molecule is CCOC(=O)ONC(=O)CCCc1ccccc1. The molecule has 1 N–H and O–H groups in total. The zero-order chi connectivity index (χ0) is 13.2. The first-order valence-corrected chi connectivity index (χ1v) is 5.88. The fraction of sp³-hybridized carbons (Fsp3) is 0.385. The summed E-state index contributed by atoms with van der Waals surface area (Å²) in [6, 6.07) is 9.88. The molecule has 0 aliphatic carbocycles. The lowest BCUT2D eigenvalue weighted by Gasteiger charge is -2.05. The Labute approximate surface area is 106 Å². The second kappa shape index (κ2) is 8.11. The zero-order valence-corrected chi connectivity index (χ0v) is 10.3. The van der Waals surface area contributed by atoms with E-state index in [9.17, 15) is 9.59 Å². The van der Waals surface area contributed by atoms with E-state index in [0.717, 1.165) is 6.42 Å². The molecule has 98 valence electrons. The topological polar surface area (TPSA) is 64.6 Å². The zero-order valence-electron chi connectivity index (χ0n) is 10.3. The van der Waals surface area contributed by atoms with Crippen LogP contribution in [0.25, 0.3) is 0 Å². The van der Waals surface area contributed by atoms with Crippen LogP contribution in [0.1, 0.15) is 25.3 Å². The monoisotopic (exact) mass is 251 g/mol. The van der Waals surface area contributed by atoms with Crippen LogP contribution in [0.3, 0.4) is 0 Å². The molecule has 0 atom stereocenters. The molecule has 0 fully saturated rings. The van der Waals surface area contributed by atoms with E-state index in [2.05, 4.69) is 9.57 Å². The van der Waals surface area contributed by atoms with Crippen LogP contribution < -0.4 is 5.48 Å². The van der Waals surface area contributed by atoms with E-state index >= 15 is 0 Å².